The van der Waals surface area contributed by atoms with Gasteiger partial charge in [-0.05, 0) is 48.8 Å². The fourth-order valence-corrected chi connectivity index (χ4v) is 3.81. The van der Waals surface area contributed by atoms with E-state index < -0.39 is 0 Å². The number of guanidine groups is 1. The molecule has 0 aliphatic heterocycles. The zero-order chi connectivity index (χ0) is 19.5. The molecule has 1 aliphatic rings. The summed E-state index contributed by atoms with van der Waals surface area (Å²) in [5.74, 6) is 2.38. The van der Waals surface area contributed by atoms with Crippen molar-refractivity contribution >= 4 is 5.96 Å². The van der Waals surface area contributed by atoms with Crippen LogP contribution in [0.5, 0.6) is 11.5 Å². The van der Waals surface area contributed by atoms with Crippen LogP contribution in [0.1, 0.15) is 37.7 Å². The quantitative estimate of drug-likeness (QED) is 0.485. The van der Waals surface area contributed by atoms with Crippen LogP contribution in [0.2, 0.25) is 0 Å². The summed E-state index contributed by atoms with van der Waals surface area (Å²) < 4.78 is 16.0. The van der Waals surface area contributed by atoms with Crippen LogP contribution in [0.3, 0.4) is 0 Å². The number of nitrogens with one attached hydrogen (secondary N) is 2. The zero-order valence-electron chi connectivity index (χ0n) is 17.3. The summed E-state index contributed by atoms with van der Waals surface area (Å²) in [6.45, 7) is 2.58. The van der Waals surface area contributed by atoms with Crippen LogP contribution in [-0.2, 0) is 11.2 Å². The molecule has 1 aromatic carbocycles. The molecule has 0 amide bonds. The molecule has 1 fully saturated rings. The number of ether oxygens (including phenoxy) is 3. The van der Waals surface area contributed by atoms with Gasteiger partial charge in [-0.2, -0.15) is 0 Å². The SMILES string of the molecule is CN=C(NCCc1ccc(OC)c(OC)c1)NCC1(CCOC)CCCC1. The van der Waals surface area contributed by atoms with E-state index >= 15 is 0 Å². The first-order valence-corrected chi connectivity index (χ1v) is 9.81. The monoisotopic (exact) mass is 377 g/mol. The Hall–Kier alpha value is -1.95. The number of hydrogen-bond acceptors (Lipinski definition) is 4. The predicted octanol–water partition coefficient (Wildman–Crippen LogP) is 3.01. The Morgan fingerprint density at radius 1 is 1.07 bits per heavy atom. The van der Waals surface area contributed by atoms with Crippen LogP contribution in [-0.4, -0.2) is 54.0 Å². The lowest BCUT2D eigenvalue weighted by Crippen LogP contribution is -2.43. The standard InChI is InChI=1S/C21H35N3O3/c1-22-20(24-16-21(12-14-25-2)10-5-6-11-21)23-13-9-17-7-8-18(26-3)19(15-17)27-4/h7-8,15H,5-6,9-14,16H2,1-4H3,(H2,22,23,24). The lowest BCUT2D eigenvalue weighted by molar-refractivity contribution is 0.138. The normalized spacial score (nSPS) is 16.2. The van der Waals surface area contributed by atoms with Gasteiger partial charge in [-0.15, -0.1) is 0 Å². The highest BCUT2D eigenvalue weighted by atomic mass is 16.5. The highest BCUT2D eigenvalue weighted by Crippen LogP contribution is 2.40. The van der Waals surface area contributed by atoms with Crippen LogP contribution < -0.4 is 20.1 Å². The minimum atomic E-state index is 0.344. The molecule has 6 heteroatoms. The maximum absolute atomic E-state index is 5.37. The van der Waals surface area contributed by atoms with Gasteiger partial charge in [0.2, 0.25) is 0 Å². The van der Waals surface area contributed by atoms with Crippen LogP contribution in [0, 0.1) is 5.41 Å². The van der Waals surface area contributed by atoms with Crippen molar-refractivity contribution in [1.82, 2.24) is 10.6 Å². The van der Waals surface area contributed by atoms with E-state index in [0.717, 1.165) is 50.0 Å². The molecule has 2 rings (SSSR count). The molecule has 0 radical (unpaired) electrons. The number of rotatable bonds is 10. The van der Waals surface area contributed by atoms with Crippen LogP contribution in [0.15, 0.2) is 23.2 Å². The van der Waals surface area contributed by atoms with E-state index in [2.05, 4.69) is 21.7 Å². The van der Waals surface area contributed by atoms with Gasteiger partial charge in [0.05, 0.1) is 14.2 Å². The second kappa shape index (κ2) is 11.0. The molecule has 0 atom stereocenters. The maximum atomic E-state index is 5.37. The summed E-state index contributed by atoms with van der Waals surface area (Å²) in [5.41, 5.74) is 1.54. The Kier molecular flexibility index (Phi) is 8.72. The highest BCUT2D eigenvalue weighted by molar-refractivity contribution is 5.79. The fraction of sp³-hybridized carbons (Fsp3) is 0.667. The second-order valence-corrected chi connectivity index (χ2v) is 7.24. The minimum Gasteiger partial charge on any atom is -0.493 e. The molecule has 1 aromatic rings. The summed E-state index contributed by atoms with van der Waals surface area (Å²) in [4.78, 5) is 4.37. The summed E-state index contributed by atoms with van der Waals surface area (Å²) in [6, 6.07) is 6.04. The number of aliphatic imine (C=N–C) groups is 1. The zero-order valence-corrected chi connectivity index (χ0v) is 17.3. The van der Waals surface area contributed by atoms with Crippen molar-refractivity contribution in [3.05, 3.63) is 23.8 Å². The molecule has 2 N–H and O–H groups in total. The third-order valence-corrected chi connectivity index (χ3v) is 5.51. The first-order chi connectivity index (χ1) is 13.2. The molecule has 1 saturated carbocycles. The number of methoxy groups -OCH3 is 3. The summed E-state index contributed by atoms with van der Waals surface area (Å²) in [7, 11) is 6.92. The van der Waals surface area contributed by atoms with E-state index in [1.807, 2.05) is 19.2 Å². The molecule has 152 valence electrons. The number of benzene rings is 1. The van der Waals surface area contributed by atoms with Crippen molar-refractivity contribution in [2.45, 2.75) is 38.5 Å². The number of nitrogens with zero attached hydrogens (tertiary/aromatic N) is 1. The largest absolute Gasteiger partial charge is 0.493 e. The van der Waals surface area contributed by atoms with E-state index in [1.54, 1.807) is 21.3 Å². The van der Waals surface area contributed by atoms with E-state index in [0.29, 0.717) is 5.41 Å². The minimum absolute atomic E-state index is 0.344. The van der Waals surface area contributed by atoms with Crippen LogP contribution in [0.25, 0.3) is 0 Å². The van der Waals surface area contributed by atoms with Crippen LogP contribution >= 0.6 is 0 Å². The van der Waals surface area contributed by atoms with E-state index in [-0.39, 0.29) is 0 Å². The van der Waals surface area contributed by atoms with Gasteiger partial charge in [-0.3, -0.25) is 4.99 Å². The lowest BCUT2D eigenvalue weighted by atomic mass is 9.83. The van der Waals surface area contributed by atoms with Crippen molar-refractivity contribution in [3.63, 3.8) is 0 Å². The third kappa shape index (κ3) is 6.31. The molecule has 0 aromatic heterocycles. The van der Waals surface area contributed by atoms with Crippen molar-refractivity contribution < 1.29 is 14.2 Å². The van der Waals surface area contributed by atoms with Gasteiger partial charge in [0.1, 0.15) is 0 Å². The van der Waals surface area contributed by atoms with Crippen LogP contribution in [0.4, 0.5) is 0 Å². The van der Waals surface area contributed by atoms with Gasteiger partial charge < -0.3 is 24.8 Å². The molecular weight excluding hydrogens is 342 g/mol. The van der Waals surface area contributed by atoms with E-state index in [4.69, 9.17) is 14.2 Å². The van der Waals surface area contributed by atoms with Gasteiger partial charge in [0.15, 0.2) is 17.5 Å². The topological polar surface area (TPSA) is 64.1 Å². The Balaban J connectivity index is 1.81. The first kappa shape index (κ1) is 21.4. The molecule has 0 spiro atoms. The Labute approximate surface area is 163 Å². The lowest BCUT2D eigenvalue weighted by Gasteiger charge is -2.30. The van der Waals surface area contributed by atoms with E-state index in [1.165, 1.54) is 31.2 Å². The van der Waals surface area contributed by atoms with Gasteiger partial charge in [0, 0.05) is 33.9 Å². The molecule has 0 saturated heterocycles. The summed E-state index contributed by atoms with van der Waals surface area (Å²) in [5, 5.41) is 6.94. The van der Waals surface area contributed by atoms with Gasteiger partial charge in [-0.25, -0.2) is 0 Å². The smallest absolute Gasteiger partial charge is 0.191 e. The van der Waals surface area contributed by atoms with Gasteiger partial charge in [-0.1, -0.05) is 18.9 Å². The first-order valence-electron chi connectivity index (χ1n) is 9.81. The Bertz CT molecular complexity index is 598. The summed E-state index contributed by atoms with van der Waals surface area (Å²) in [6.07, 6.45) is 7.17. The van der Waals surface area contributed by atoms with Crippen molar-refractivity contribution in [2.75, 3.05) is 48.1 Å². The maximum Gasteiger partial charge on any atom is 0.191 e. The Morgan fingerprint density at radius 2 is 1.81 bits per heavy atom. The second-order valence-electron chi connectivity index (χ2n) is 7.24. The van der Waals surface area contributed by atoms with Crippen molar-refractivity contribution in [3.8, 4) is 11.5 Å². The van der Waals surface area contributed by atoms with Gasteiger partial charge in [0.25, 0.3) is 0 Å². The third-order valence-electron chi connectivity index (χ3n) is 5.51. The molecule has 0 unspecified atom stereocenters. The Morgan fingerprint density at radius 3 is 2.44 bits per heavy atom. The van der Waals surface area contributed by atoms with Crippen molar-refractivity contribution in [1.29, 1.82) is 0 Å². The molecular formula is C21H35N3O3. The summed E-state index contributed by atoms with van der Waals surface area (Å²) >= 11 is 0. The molecule has 1 aliphatic carbocycles. The molecule has 0 bridgehead atoms. The highest BCUT2D eigenvalue weighted by Gasteiger charge is 2.33. The molecule has 6 nitrogen and oxygen atoms in total. The van der Waals surface area contributed by atoms with Crippen molar-refractivity contribution in [2.24, 2.45) is 10.4 Å². The number of hydrogen-bond donors (Lipinski definition) is 2. The average Bonchev–Trinajstić information content (AvgIpc) is 3.17. The predicted molar refractivity (Wildman–Crippen MR) is 110 cm³/mol. The van der Waals surface area contributed by atoms with E-state index in [9.17, 15) is 0 Å². The molecule has 27 heavy (non-hydrogen) atoms. The average molecular weight is 378 g/mol. The molecule has 0 heterocycles. The fourth-order valence-electron chi connectivity index (χ4n) is 3.81. The van der Waals surface area contributed by atoms with Gasteiger partial charge >= 0.3 is 0 Å².